The molecule has 0 fully saturated rings. The number of fused-ring (bicyclic) bond motifs is 1. The largest absolute Gasteiger partial charge is 0.353 e. The monoisotopic (exact) mass is 255 g/mol. The zero-order valence-electron chi connectivity index (χ0n) is 10.0. The van der Waals surface area contributed by atoms with E-state index in [1.165, 1.54) is 0 Å². The lowest BCUT2D eigenvalue weighted by atomic mass is 10.1. The van der Waals surface area contributed by atoms with E-state index in [2.05, 4.69) is 5.32 Å². The first kappa shape index (κ1) is 11.7. The first-order chi connectivity index (χ1) is 9.24. The molecule has 94 valence electrons. The van der Waals surface area contributed by atoms with Gasteiger partial charge in [0.15, 0.2) is 0 Å². The fraction of sp³-hybridized carbons (Fsp3) is 0. The molecule has 0 aliphatic carbocycles. The van der Waals surface area contributed by atoms with Crippen LogP contribution in [0.2, 0.25) is 0 Å². The summed E-state index contributed by atoms with van der Waals surface area (Å²) in [5, 5.41) is 4.95. The van der Waals surface area contributed by atoms with Gasteiger partial charge in [0.25, 0.3) is 0 Å². The third-order valence-corrected chi connectivity index (χ3v) is 2.99. The smallest absolute Gasteiger partial charge is 0.146 e. The van der Waals surface area contributed by atoms with E-state index in [0.29, 0.717) is 0 Å². The van der Waals surface area contributed by atoms with Crippen molar-refractivity contribution in [2.24, 2.45) is 0 Å². The van der Waals surface area contributed by atoms with Crippen molar-refractivity contribution in [3.63, 3.8) is 0 Å². The van der Waals surface area contributed by atoms with Crippen molar-refractivity contribution in [2.45, 2.75) is 0 Å². The van der Waals surface area contributed by atoms with E-state index < -0.39 is 11.6 Å². The Morgan fingerprint density at radius 3 is 2.42 bits per heavy atom. The molecule has 3 rings (SSSR count). The highest BCUT2D eigenvalue weighted by Gasteiger charge is 2.06. The van der Waals surface area contributed by atoms with Crippen LogP contribution in [-0.4, -0.2) is 0 Å². The average Bonchev–Trinajstić information content (AvgIpc) is 2.43. The average molecular weight is 255 g/mol. The van der Waals surface area contributed by atoms with Gasteiger partial charge in [-0.3, -0.25) is 0 Å². The summed E-state index contributed by atoms with van der Waals surface area (Å²) in [7, 11) is 0. The number of anilines is 2. The Morgan fingerprint density at radius 2 is 1.53 bits per heavy atom. The van der Waals surface area contributed by atoms with Gasteiger partial charge in [0, 0.05) is 17.1 Å². The maximum Gasteiger partial charge on any atom is 0.146 e. The topological polar surface area (TPSA) is 12.0 Å². The van der Waals surface area contributed by atoms with Crippen LogP contribution in [0.25, 0.3) is 10.8 Å². The Hall–Kier alpha value is -2.42. The van der Waals surface area contributed by atoms with Crippen molar-refractivity contribution >= 4 is 22.1 Å². The van der Waals surface area contributed by atoms with Crippen LogP contribution in [0.15, 0.2) is 60.7 Å². The van der Waals surface area contributed by atoms with Gasteiger partial charge in [-0.25, -0.2) is 8.78 Å². The second kappa shape index (κ2) is 4.69. The highest BCUT2D eigenvalue weighted by atomic mass is 19.1. The molecular weight excluding hydrogens is 244 g/mol. The van der Waals surface area contributed by atoms with Crippen LogP contribution >= 0.6 is 0 Å². The quantitative estimate of drug-likeness (QED) is 0.689. The summed E-state index contributed by atoms with van der Waals surface area (Å²) in [6, 6.07) is 16.8. The molecule has 1 N–H and O–H groups in total. The second-order valence-corrected chi connectivity index (χ2v) is 4.28. The van der Waals surface area contributed by atoms with Crippen LogP contribution in [0, 0.1) is 11.6 Å². The van der Waals surface area contributed by atoms with E-state index in [-0.39, 0.29) is 5.69 Å². The molecule has 0 atom stereocenters. The van der Waals surface area contributed by atoms with Crippen LogP contribution in [0.3, 0.4) is 0 Å². The number of hydrogen-bond donors (Lipinski definition) is 1. The van der Waals surface area contributed by atoms with Crippen molar-refractivity contribution in [1.29, 1.82) is 0 Å². The number of benzene rings is 3. The molecule has 0 unspecified atom stereocenters. The molecule has 3 heteroatoms. The van der Waals surface area contributed by atoms with Gasteiger partial charge in [-0.15, -0.1) is 0 Å². The summed E-state index contributed by atoms with van der Waals surface area (Å²) in [4.78, 5) is 0. The van der Waals surface area contributed by atoms with Crippen molar-refractivity contribution < 1.29 is 8.78 Å². The minimum atomic E-state index is -0.477. The Labute approximate surface area is 109 Å². The van der Waals surface area contributed by atoms with Gasteiger partial charge in [0.1, 0.15) is 11.6 Å². The van der Waals surface area contributed by atoms with Crippen molar-refractivity contribution in [2.75, 3.05) is 5.32 Å². The third-order valence-electron chi connectivity index (χ3n) is 2.99. The van der Waals surface area contributed by atoms with Crippen LogP contribution in [0.5, 0.6) is 0 Å². The van der Waals surface area contributed by atoms with Crippen LogP contribution in [-0.2, 0) is 0 Å². The molecule has 0 spiro atoms. The van der Waals surface area contributed by atoms with Crippen molar-refractivity contribution in [3.05, 3.63) is 72.3 Å². The summed E-state index contributed by atoms with van der Waals surface area (Å²) in [6.45, 7) is 0. The van der Waals surface area contributed by atoms with E-state index in [9.17, 15) is 8.78 Å². The lowest BCUT2D eigenvalue weighted by Gasteiger charge is -2.10. The Morgan fingerprint density at radius 1 is 0.737 bits per heavy atom. The van der Waals surface area contributed by atoms with Gasteiger partial charge in [0.2, 0.25) is 0 Å². The summed E-state index contributed by atoms with van der Waals surface area (Å²) in [6.07, 6.45) is 0. The Balaban J connectivity index is 2.08. The van der Waals surface area contributed by atoms with Gasteiger partial charge in [0.05, 0.1) is 5.69 Å². The second-order valence-electron chi connectivity index (χ2n) is 4.28. The van der Waals surface area contributed by atoms with Gasteiger partial charge in [-0.2, -0.15) is 0 Å². The van der Waals surface area contributed by atoms with E-state index in [0.717, 1.165) is 34.7 Å². The van der Waals surface area contributed by atoms with Gasteiger partial charge in [-0.1, -0.05) is 36.4 Å². The minimum absolute atomic E-state index is 0.136. The molecule has 1 nitrogen and oxygen atoms in total. The lowest BCUT2D eigenvalue weighted by Crippen LogP contribution is -1.95. The van der Waals surface area contributed by atoms with E-state index >= 15 is 0 Å². The molecule has 0 bridgehead atoms. The van der Waals surface area contributed by atoms with Crippen molar-refractivity contribution in [1.82, 2.24) is 0 Å². The van der Waals surface area contributed by atoms with Gasteiger partial charge >= 0.3 is 0 Å². The molecule has 0 amide bonds. The van der Waals surface area contributed by atoms with Crippen molar-refractivity contribution in [3.8, 4) is 0 Å². The van der Waals surface area contributed by atoms with Crippen LogP contribution < -0.4 is 5.32 Å². The zero-order valence-corrected chi connectivity index (χ0v) is 10.0. The van der Waals surface area contributed by atoms with Gasteiger partial charge in [-0.05, 0) is 23.6 Å². The highest BCUT2D eigenvalue weighted by molar-refractivity contribution is 5.95. The third kappa shape index (κ3) is 2.27. The van der Waals surface area contributed by atoms with E-state index in [4.69, 9.17) is 0 Å². The maximum absolute atomic E-state index is 13.6. The van der Waals surface area contributed by atoms with Gasteiger partial charge < -0.3 is 5.32 Å². The molecule has 19 heavy (non-hydrogen) atoms. The van der Waals surface area contributed by atoms with E-state index in [1.807, 2.05) is 42.5 Å². The predicted molar refractivity (Wildman–Crippen MR) is 73.6 cm³/mol. The van der Waals surface area contributed by atoms with E-state index in [1.54, 1.807) is 0 Å². The fourth-order valence-electron chi connectivity index (χ4n) is 2.07. The number of halogens is 2. The number of rotatable bonds is 2. The first-order valence-electron chi connectivity index (χ1n) is 5.94. The molecule has 0 aromatic heterocycles. The maximum atomic E-state index is 13.6. The molecule has 3 aromatic carbocycles. The Bertz CT molecular complexity index is 732. The molecule has 0 saturated carbocycles. The summed E-state index contributed by atoms with van der Waals surface area (Å²) in [5.74, 6) is -0.946. The minimum Gasteiger partial charge on any atom is -0.353 e. The fourth-order valence-corrected chi connectivity index (χ4v) is 2.07. The molecule has 0 radical (unpaired) electrons. The molecule has 0 heterocycles. The normalized spacial score (nSPS) is 10.6. The summed E-state index contributed by atoms with van der Waals surface area (Å²) in [5.41, 5.74) is 0.888. The SMILES string of the molecule is Fc1ccc(F)c(Nc2cccc3ccccc23)c1. The van der Waals surface area contributed by atoms with Crippen LogP contribution in [0.1, 0.15) is 0 Å². The molecule has 0 aliphatic heterocycles. The molecule has 0 aliphatic rings. The molecule has 3 aromatic rings. The summed E-state index contributed by atoms with van der Waals surface area (Å²) < 4.78 is 26.8. The summed E-state index contributed by atoms with van der Waals surface area (Å²) >= 11 is 0. The molecule has 0 saturated heterocycles. The molecular formula is C16H11F2N. The first-order valence-corrected chi connectivity index (χ1v) is 5.94. The zero-order chi connectivity index (χ0) is 13.2. The Kier molecular flexibility index (Phi) is 2.88. The highest BCUT2D eigenvalue weighted by Crippen LogP contribution is 2.27. The van der Waals surface area contributed by atoms with Crippen LogP contribution in [0.4, 0.5) is 20.2 Å². The number of hydrogen-bond acceptors (Lipinski definition) is 1. The predicted octanol–water partition coefficient (Wildman–Crippen LogP) is 4.86. The lowest BCUT2D eigenvalue weighted by molar-refractivity contribution is 0.603. The number of nitrogens with one attached hydrogen (secondary N) is 1. The standard InChI is InChI=1S/C16H11F2N/c17-12-8-9-14(18)16(10-12)19-15-7-3-5-11-4-1-2-6-13(11)15/h1-10,19H.